The molecule has 0 fully saturated rings. The molecule has 0 radical (unpaired) electrons. The summed E-state index contributed by atoms with van der Waals surface area (Å²) in [6.07, 6.45) is -0.476. The van der Waals surface area contributed by atoms with Crippen molar-refractivity contribution in [1.29, 1.82) is 0 Å². The summed E-state index contributed by atoms with van der Waals surface area (Å²) in [6, 6.07) is 7.27. The number of amides is 1. The lowest BCUT2D eigenvalue weighted by atomic mass is 10.0. The van der Waals surface area contributed by atoms with Gasteiger partial charge in [-0.2, -0.15) is 0 Å². The van der Waals surface area contributed by atoms with Crippen LogP contribution in [-0.2, 0) is 21.2 Å². The zero-order valence-electron chi connectivity index (χ0n) is 17.4. The Labute approximate surface area is 187 Å². The summed E-state index contributed by atoms with van der Waals surface area (Å²) >= 11 is 0. The standard InChI is InChI=1S/C21H18F2N2O7S/c1-3-31-21-17(24-19(32-21)20(27)28)10-14-15(22)8-12(9-16(14)23)13-6-4-5-7-18(13)33(29,30)25-11(2)26/h4-9H,3,10H2,1-2H3,(H,25,26)(H,27,28). The number of nitrogens with zero attached hydrogens (tertiary/aromatic N) is 1. The number of carboxylic acid groups (broad SMARTS) is 1. The van der Waals surface area contributed by atoms with Gasteiger partial charge < -0.3 is 14.3 Å². The molecule has 1 heterocycles. The third-order valence-electron chi connectivity index (χ3n) is 4.37. The lowest BCUT2D eigenvalue weighted by molar-refractivity contribution is -0.117. The molecular weight excluding hydrogens is 462 g/mol. The van der Waals surface area contributed by atoms with Gasteiger partial charge in [0.25, 0.3) is 10.0 Å². The quantitative estimate of drug-likeness (QED) is 0.502. The molecule has 1 amide bonds. The maximum absolute atomic E-state index is 14.9. The number of carbonyl (C=O) groups excluding carboxylic acids is 1. The van der Waals surface area contributed by atoms with Crippen LogP contribution in [-0.4, -0.2) is 37.0 Å². The molecule has 0 bridgehead atoms. The molecule has 0 spiro atoms. The average Bonchev–Trinajstić information content (AvgIpc) is 3.13. The van der Waals surface area contributed by atoms with Gasteiger partial charge in [-0.25, -0.2) is 31.7 Å². The summed E-state index contributed by atoms with van der Waals surface area (Å²) in [7, 11) is -4.28. The fourth-order valence-electron chi connectivity index (χ4n) is 3.06. The van der Waals surface area contributed by atoms with E-state index in [0.717, 1.165) is 19.1 Å². The minimum absolute atomic E-state index is 0.0276. The number of oxazole rings is 1. The summed E-state index contributed by atoms with van der Waals surface area (Å²) in [5, 5.41) is 9.04. The van der Waals surface area contributed by atoms with E-state index in [1.165, 1.54) is 24.3 Å². The third-order valence-corrected chi connectivity index (χ3v) is 5.86. The molecule has 0 saturated heterocycles. The first-order valence-electron chi connectivity index (χ1n) is 9.50. The maximum atomic E-state index is 14.9. The van der Waals surface area contributed by atoms with Gasteiger partial charge in [0.2, 0.25) is 5.91 Å². The van der Waals surface area contributed by atoms with Crippen molar-refractivity contribution < 1.29 is 41.0 Å². The predicted molar refractivity (Wildman–Crippen MR) is 110 cm³/mol. The number of hydrogen-bond donors (Lipinski definition) is 2. The Morgan fingerprint density at radius 3 is 2.39 bits per heavy atom. The number of aromatic nitrogens is 1. The molecular formula is C21H18F2N2O7S. The number of nitrogens with one attached hydrogen (secondary N) is 1. The van der Waals surface area contributed by atoms with Gasteiger partial charge in [-0.15, -0.1) is 0 Å². The van der Waals surface area contributed by atoms with Crippen molar-refractivity contribution in [1.82, 2.24) is 9.71 Å². The molecule has 9 nitrogen and oxygen atoms in total. The van der Waals surface area contributed by atoms with Crippen LogP contribution in [0.1, 0.15) is 35.8 Å². The number of rotatable bonds is 8. The Kier molecular flexibility index (Phi) is 6.77. The molecule has 0 aliphatic rings. The smallest absolute Gasteiger partial charge is 0.392 e. The molecule has 12 heteroatoms. The van der Waals surface area contributed by atoms with Crippen molar-refractivity contribution in [3.63, 3.8) is 0 Å². The Hall–Kier alpha value is -3.80. The molecule has 33 heavy (non-hydrogen) atoms. The van der Waals surface area contributed by atoms with Gasteiger partial charge in [0, 0.05) is 24.5 Å². The van der Waals surface area contributed by atoms with Crippen LogP contribution in [0.2, 0.25) is 0 Å². The minimum atomic E-state index is -4.28. The van der Waals surface area contributed by atoms with E-state index >= 15 is 0 Å². The zero-order chi connectivity index (χ0) is 24.3. The third kappa shape index (κ3) is 5.17. The highest BCUT2D eigenvalue weighted by atomic mass is 32.2. The number of benzene rings is 2. The number of halogens is 2. The molecule has 0 saturated carbocycles. The van der Waals surface area contributed by atoms with E-state index in [9.17, 15) is 26.8 Å². The normalized spacial score (nSPS) is 11.3. The van der Waals surface area contributed by atoms with Crippen LogP contribution in [0, 0.1) is 11.6 Å². The van der Waals surface area contributed by atoms with E-state index in [-0.39, 0.29) is 34.3 Å². The van der Waals surface area contributed by atoms with E-state index in [1.54, 1.807) is 6.92 Å². The van der Waals surface area contributed by atoms with Crippen LogP contribution in [0.4, 0.5) is 8.78 Å². The summed E-state index contributed by atoms with van der Waals surface area (Å²) in [5.41, 5.74) is -0.685. The van der Waals surface area contributed by atoms with Gasteiger partial charge in [0.05, 0.1) is 11.5 Å². The number of hydrogen-bond acceptors (Lipinski definition) is 7. The number of carbonyl (C=O) groups is 2. The van der Waals surface area contributed by atoms with Crippen LogP contribution in [0.5, 0.6) is 5.95 Å². The van der Waals surface area contributed by atoms with E-state index in [4.69, 9.17) is 14.3 Å². The lowest BCUT2D eigenvalue weighted by Crippen LogP contribution is -2.28. The molecule has 2 N–H and O–H groups in total. The van der Waals surface area contributed by atoms with Crippen LogP contribution in [0.25, 0.3) is 11.1 Å². The van der Waals surface area contributed by atoms with Crippen LogP contribution in [0.15, 0.2) is 45.7 Å². The van der Waals surface area contributed by atoms with Crippen molar-refractivity contribution in [2.24, 2.45) is 0 Å². The predicted octanol–water partition coefficient (Wildman–Crippen LogP) is 3.13. The molecule has 0 aliphatic carbocycles. The summed E-state index contributed by atoms with van der Waals surface area (Å²) in [6.45, 7) is 2.73. The van der Waals surface area contributed by atoms with Crippen LogP contribution < -0.4 is 9.46 Å². The number of sulfonamides is 1. The lowest BCUT2D eigenvalue weighted by Gasteiger charge is -2.13. The maximum Gasteiger partial charge on any atom is 0.392 e. The fourth-order valence-corrected chi connectivity index (χ4v) is 4.28. The minimum Gasteiger partial charge on any atom is -0.474 e. The van der Waals surface area contributed by atoms with Crippen molar-refractivity contribution in [3.05, 3.63) is 65.2 Å². The first-order valence-corrected chi connectivity index (χ1v) is 11.0. The molecule has 2 aromatic carbocycles. The molecule has 3 aromatic rings. The first kappa shape index (κ1) is 23.9. The van der Waals surface area contributed by atoms with Gasteiger partial charge in [-0.3, -0.25) is 4.79 Å². The zero-order valence-corrected chi connectivity index (χ0v) is 18.2. The topological polar surface area (TPSA) is 136 Å². The largest absolute Gasteiger partial charge is 0.474 e. The Morgan fingerprint density at radius 2 is 1.82 bits per heavy atom. The Morgan fingerprint density at radius 1 is 1.18 bits per heavy atom. The van der Waals surface area contributed by atoms with Gasteiger partial charge in [-0.1, -0.05) is 18.2 Å². The number of ether oxygens (including phenoxy) is 1. The average molecular weight is 480 g/mol. The molecule has 3 rings (SSSR count). The van der Waals surface area contributed by atoms with E-state index in [0.29, 0.717) is 0 Å². The second-order valence-corrected chi connectivity index (χ2v) is 8.40. The molecule has 0 aliphatic heterocycles. The summed E-state index contributed by atoms with van der Waals surface area (Å²) in [4.78, 5) is 25.7. The highest BCUT2D eigenvalue weighted by Gasteiger charge is 2.25. The highest BCUT2D eigenvalue weighted by Crippen LogP contribution is 2.32. The summed E-state index contributed by atoms with van der Waals surface area (Å²) in [5.74, 6) is -5.32. The molecule has 0 unspecified atom stereocenters. The van der Waals surface area contributed by atoms with E-state index < -0.39 is 51.4 Å². The van der Waals surface area contributed by atoms with Gasteiger partial charge in [-0.05, 0) is 30.7 Å². The van der Waals surface area contributed by atoms with Gasteiger partial charge in [0.15, 0.2) is 0 Å². The molecule has 0 atom stereocenters. The highest BCUT2D eigenvalue weighted by molar-refractivity contribution is 7.90. The second-order valence-electron chi connectivity index (χ2n) is 6.74. The van der Waals surface area contributed by atoms with Crippen LogP contribution in [0.3, 0.4) is 0 Å². The number of carboxylic acids is 1. The van der Waals surface area contributed by atoms with Crippen molar-refractivity contribution >= 4 is 21.9 Å². The van der Waals surface area contributed by atoms with Crippen molar-refractivity contribution in [3.8, 4) is 17.1 Å². The Balaban J connectivity index is 2.05. The van der Waals surface area contributed by atoms with Crippen molar-refractivity contribution in [2.45, 2.75) is 25.2 Å². The van der Waals surface area contributed by atoms with E-state index in [1.807, 2.05) is 4.72 Å². The van der Waals surface area contributed by atoms with E-state index in [2.05, 4.69) is 4.98 Å². The van der Waals surface area contributed by atoms with Gasteiger partial charge >= 0.3 is 17.8 Å². The SMILES string of the molecule is CCOc1oc(C(=O)O)nc1Cc1c(F)cc(-c2ccccc2S(=O)(=O)NC(C)=O)cc1F. The van der Waals surface area contributed by atoms with Crippen molar-refractivity contribution in [2.75, 3.05) is 6.61 Å². The molecule has 174 valence electrons. The Bertz CT molecular complexity index is 1310. The van der Waals surface area contributed by atoms with Crippen LogP contribution >= 0.6 is 0 Å². The summed E-state index contributed by atoms with van der Waals surface area (Å²) < 4.78 is 66.7. The second kappa shape index (κ2) is 9.36. The molecule has 1 aromatic heterocycles. The van der Waals surface area contributed by atoms with Gasteiger partial charge in [0.1, 0.15) is 17.3 Å². The monoisotopic (exact) mass is 480 g/mol. The number of aromatic carboxylic acids is 1. The fraction of sp³-hybridized carbons (Fsp3) is 0.190. The first-order chi connectivity index (χ1) is 15.5.